The maximum absolute atomic E-state index is 12.1. The quantitative estimate of drug-likeness (QED) is 0.633. The molecule has 4 bridgehead atoms. The third kappa shape index (κ3) is 0.568. The fourth-order valence-electron chi connectivity index (χ4n) is 4.80. The van der Waals surface area contributed by atoms with Gasteiger partial charge in [0.25, 0.3) is 0 Å². The molecule has 5 aliphatic carbocycles. The molecule has 0 aromatic rings. The molecule has 4 unspecified atom stereocenters. The minimum absolute atomic E-state index is 0.190. The summed E-state index contributed by atoms with van der Waals surface area (Å²) in [5.74, 6) is 1.23. The van der Waals surface area contributed by atoms with E-state index in [2.05, 4.69) is 24.8 Å². The second-order valence-corrected chi connectivity index (χ2v) is 5.47. The van der Waals surface area contributed by atoms with Crippen LogP contribution in [0.4, 0.5) is 0 Å². The number of carbonyl (C=O) groups is 1. The van der Waals surface area contributed by atoms with E-state index < -0.39 is 0 Å². The molecule has 1 nitrogen and oxygen atoms in total. The molecular weight excluding hydrogens is 184 g/mol. The molecular formula is C14H14O. The number of carbonyl (C=O) groups excluding carboxylic acids is 1. The lowest BCUT2D eigenvalue weighted by Gasteiger charge is -2.36. The molecule has 4 fully saturated rings. The van der Waals surface area contributed by atoms with Gasteiger partial charge in [0.05, 0.1) is 0 Å². The minimum atomic E-state index is 0.190. The first-order chi connectivity index (χ1) is 7.26. The Morgan fingerprint density at radius 3 is 3.20 bits per heavy atom. The first-order valence-corrected chi connectivity index (χ1v) is 5.82. The second kappa shape index (κ2) is 2.04. The number of fused-ring (bicyclic) bond motifs is 1. The summed E-state index contributed by atoms with van der Waals surface area (Å²) in [6, 6.07) is 0. The average molecular weight is 198 g/mol. The molecule has 1 heteroatoms. The highest BCUT2D eigenvalue weighted by Crippen LogP contribution is 2.85. The van der Waals surface area contributed by atoms with Gasteiger partial charge in [-0.1, -0.05) is 30.9 Å². The topological polar surface area (TPSA) is 17.1 Å². The minimum Gasteiger partial charge on any atom is -0.299 e. The van der Waals surface area contributed by atoms with Crippen LogP contribution in [-0.2, 0) is 4.79 Å². The van der Waals surface area contributed by atoms with E-state index in [1.807, 2.05) is 6.08 Å². The normalized spacial score (nSPS) is 53.6. The Balaban J connectivity index is 1.96. The zero-order valence-electron chi connectivity index (χ0n) is 8.70. The van der Waals surface area contributed by atoms with Crippen molar-refractivity contribution in [2.45, 2.75) is 19.3 Å². The Kier molecular flexibility index (Phi) is 1.10. The summed E-state index contributed by atoms with van der Waals surface area (Å²) in [6.45, 7) is 3.91. The van der Waals surface area contributed by atoms with E-state index in [4.69, 9.17) is 0 Å². The monoisotopic (exact) mass is 198 g/mol. The molecule has 4 atom stereocenters. The largest absolute Gasteiger partial charge is 0.299 e. The van der Waals surface area contributed by atoms with Gasteiger partial charge in [-0.25, -0.2) is 0 Å². The molecule has 0 amide bonds. The summed E-state index contributed by atoms with van der Waals surface area (Å²) in [6.07, 6.45) is 12.0. The Morgan fingerprint density at radius 2 is 2.40 bits per heavy atom. The Bertz CT molecular complexity index is 456. The first kappa shape index (κ1) is 8.09. The van der Waals surface area contributed by atoms with Crippen LogP contribution in [0.5, 0.6) is 0 Å². The summed E-state index contributed by atoms with van der Waals surface area (Å²) in [4.78, 5) is 12.1. The number of rotatable bonds is 1. The van der Waals surface area contributed by atoms with Crippen LogP contribution in [0.3, 0.4) is 0 Å². The molecule has 0 aliphatic heterocycles. The van der Waals surface area contributed by atoms with Crippen LogP contribution >= 0.6 is 0 Å². The van der Waals surface area contributed by atoms with Crippen molar-refractivity contribution >= 4 is 5.78 Å². The van der Waals surface area contributed by atoms with E-state index in [-0.39, 0.29) is 10.8 Å². The van der Waals surface area contributed by atoms with E-state index in [0.29, 0.717) is 17.6 Å². The zero-order valence-corrected chi connectivity index (χ0v) is 8.70. The van der Waals surface area contributed by atoms with Gasteiger partial charge in [-0.3, -0.25) is 4.79 Å². The highest BCUT2D eigenvalue weighted by Gasteiger charge is 2.84. The summed E-state index contributed by atoms with van der Waals surface area (Å²) >= 11 is 0. The van der Waals surface area contributed by atoms with Gasteiger partial charge in [0.2, 0.25) is 0 Å². The Hall–Kier alpha value is -1.11. The van der Waals surface area contributed by atoms with Crippen molar-refractivity contribution in [1.82, 2.24) is 0 Å². The van der Waals surface area contributed by atoms with E-state index in [0.717, 1.165) is 12.8 Å². The fraction of sp³-hybridized carbons (Fsp3) is 0.500. The summed E-state index contributed by atoms with van der Waals surface area (Å²) in [5.41, 5.74) is 1.74. The average Bonchev–Trinajstić information content (AvgIpc) is 2.82. The van der Waals surface area contributed by atoms with Gasteiger partial charge < -0.3 is 0 Å². The molecule has 76 valence electrons. The predicted octanol–water partition coefficient (Wildman–Crippen LogP) is 2.65. The van der Waals surface area contributed by atoms with Gasteiger partial charge in [-0.05, 0) is 24.8 Å². The molecule has 0 N–H and O–H groups in total. The van der Waals surface area contributed by atoms with Crippen LogP contribution in [0.1, 0.15) is 19.3 Å². The van der Waals surface area contributed by atoms with E-state index in [9.17, 15) is 4.79 Å². The third-order valence-electron chi connectivity index (χ3n) is 5.32. The number of ketones is 1. The molecule has 5 rings (SSSR count). The Morgan fingerprint density at radius 1 is 1.53 bits per heavy atom. The van der Waals surface area contributed by atoms with Crippen LogP contribution in [0.25, 0.3) is 0 Å². The van der Waals surface area contributed by atoms with Crippen molar-refractivity contribution in [1.29, 1.82) is 0 Å². The fourth-order valence-corrected chi connectivity index (χ4v) is 4.80. The standard InChI is InChI=1S/C14H14O/c1-2-10-4-3-6-13-8-9-5-7-14(10,13)12(13)11(9)15/h2-4,6,9,12H,1,5,7-8H2. The van der Waals surface area contributed by atoms with Crippen LogP contribution in [0, 0.1) is 22.7 Å². The number of hydrogen-bond donors (Lipinski definition) is 0. The van der Waals surface area contributed by atoms with Crippen molar-refractivity contribution < 1.29 is 4.79 Å². The maximum Gasteiger partial charge on any atom is 0.140 e. The Labute approximate surface area is 89.6 Å². The van der Waals surface area contributed by atoms with Gasteiger partial charge in [0.1, 0.15) is 5.78 Å². The lowest BCUT2D eigenvalue weighted by molar-refractivity contribution is -0.125. The zero-order chi connectivity index (χ0) is 10.3. The van der Waals surface area contributed by atoms with Crippen molar-refractivity contribution in [3.63, 3.8) is 0 Å². The SMILES string of the molecule is C=CC1=CC=CC23CC4CCC12C3C4=O. The van der Waals surface area contributed by atoms with Gasteiger partial charge in [0, 0.05) is 22.7 Å². The highest BCUT2D eigenvalue weighted by atomic mass is 16.1. The molecule has 0 saturated heterocycles. The van der Waals surface area contributed by atoms with Crippen molar-refractivity contribution in [2.24, 2.45) is 22.7 Å². The molecule has 2 spiro atoms. The lowest BCUT2D eigenvalue weighted by Crippen LogP contribution is -2.31. The third-order valence-corrected chi connectivity index (χ3v) is 5.32. The summed E-state index contributed by atoms with van der Waals surface area (Å²) < 4.78 is 0. The van der Waals surface area contributed by atoms with Crippen molar-refractivity contribution in [3.05, 3.63) is 36.5 Å². The van der Waals surface area contributed by atoms with Gasteiger partial charge in [0.15, 0.2) is 0 Å². The number of Topliss-reactive ketones (excluding diaryl/α,β-unsaturated/α-hetero) is 1. The predicted molar refractivity (Wildman–Crippen MR) is 58.1 cm³/mol. The smallest absolute Gasteiger partial charge is 0.140 e. The summed E-state index contributed by atoms with van der Waals surface area (Å²) in [5, 5.41) is 0. The van der Waals surface area contributed by atoms with Crippen LogP contribution < -0.4 is 0 Å². The van der Waals surface area contributed by atoms with Gasteiger partial charge in [-0.15, -0.1) is 0 Å². The van der Waals surface area contributed by atoms with E-state index in [1.54, 1.807) is 0 Å². The second-order valence-electron chi connectivity index (χ2n) is 5.47. The molecule has 0 heterocycles. The molecule has 4 saturated carbocycles. The summed E-state index contributed by atoms with van der Waals surface area (Å²) in [7, 11) is 0. The molecule has 0 radical (unpaired) electrons. The van der Waals surface area contributed by atoms with Crippen LogP contribution in [0.2, 0.25) is 0 Å². The van der Waals surface area contributed by atoms with Crippen molar-refractivity contribution in [2.75, 3.05) is 0 Å². The molecule has 0 aromatic carbocycles. The van der Waals surface area contributed by atoms with Crippen LogP contribution in [0.15, 0.2) is 36.5 Å². The lowest BCUT2D eigenvalue weighted by atomic mass is 9.67. The van der Waals surface area contributed by atoms with Crippen LogP contribution in [-0.4, -0.2) is 5.78 Å². The van der Waals surface area contributed by atoms with E-state index >= 15 is 0 Å². The number of allylic oxidation sites excluding steroid dienone is 5. The van der Waals surface area contributed by atoms with Crippen molar-refractivity contribution in [3.8, 4) is 0 Å². The first-order valence-electron chi connectivity index (χ1n) is 5.82. The van der Waals surface area contributed by atoms with Gasteiger partial charge in [-0.2, -0.15) is 0 Å². The molecule has 0 aromatic heterocycles. The number of hydrogen-bond acceptors (Lipinski definition) is 1. The van der Waals surface area contributed by atoms with Gasteiger partial charge >= 0.3 is 0 Å². The maximum atomic E-state index is 12.1. The molecule has 15 heavy (non-hydrogen) atoms. The van der Waals surface area contributed by atoms with E-state index in [1.165, 1.54) is 12.0 Å². The highest BCUT2D eigenvalue weighted by molar-refractivity contribution is 5.95. The molecule has 5 aliphatic rings.